The summed E-state index contributed by atoms with van der Waals surface area (Å²) < 4.78 is 86.2. The van der Waals surface area contributed by atoms with Gasteiger partial charge in [0.2, 0.25) is 33.3 Å². The van der Waals surface area contributed by atoms with Crippen molar-refractivity contribution in [3.05, 3.63) is 42.6 Å². The third kappa shape index (κ3) is 9.57. The summed E-state index contributed by atoms with van der Waals surface area (Å²) in [5.74, 6) is -4.28. The molecule has 12 nitrogen and oxygen atoms in total. The smallest absolute Gasteiger partial charge is 0.427 e. The molecule has 1 aromatic heterocycles. The number of hydrogen-bond acceptors (Lipinski definition) is 10. The Balaban J connectivity index is 1.35. The standard InChI is InChI=1S/C43H56F3N3O9S/c1-25(2)56-30-12-13-32-28(19-30)14-17-47-37(32)57-31-20-34-35(50)23-42(39(53)48-59(54,55)41(7)15-16-41)22-29(42)11-9-8-10-26(3)18-27(4)33(38(52)49(34)24-31)21-36(51)58-40(5,6)43(44,45)46/h9,11-14,17,19,25-27,29,31,33-34H,8,10,15-16,18,20-24H2,1-7H3,(H,48,53)/b11-9-/t26-,27+,29+,31+,33-,34-,42+/m0/s1. The monoisotopic (exact) mass is 847 g/mol. The van der Waals surface area contributed by atoms with Crippen LogP contribution in [-0.2, 0) is 33.9 Å². The van der Waals surface area contributed by atoms with Crippen molar-refractivity contribution in [1.82, 2.24) is 14.6 Å². The maximum Gasteiger partial charge on any atom is 0.427 e. The molecule has 7 atom stereocenters. The number of hydrogen-bond donors (Lipinski definition) is 1. The fourth-order valence-electron chi connectivity index (χ4n) is 8.37. The number of ether oxygens (including phenoxy) is 3. The van der Waals surface area contributed by atoms with E-state index in [1.54, 1.807) is 38.2 Å². The first-order valence-electron chi connectivity index (χ1n) is 20.5. The first-order valence-corrected chi connectivity index (χ1v) is 22.0. The number of carbonyl (C=O) groups excluding carboxylic acids is 4. The molecule has 0 bridgehead atoms. The quantitative estimate of drug-likeness (QED) is 0.191. The molecule has 2 aromatic rings. The number of benzene rings is 1. The number of allylic oxidation sites excluding steroid dienone is 2. The van der Waals surface area contributed by atoms with Gasteiger partial charge in [-0.1, -0.05) is 26.0 Å². The van der Waals surface area contributed by atoms with Gasteiger partial charge in [0.1, 0.15) is 11.9 Å². The molecule has 1 saturated heterocycles. The molecule has 3 fully saturated rings. The largest absolute Gasteiger partial charge is 0.491 e. The van der Waals surface area contributed by atoms with Crippen LogP contribution in [0.1, 0.15) is 106 Å². The molecule has 6 rings (SSSR count). The van der Waals surface area contributed by atoms with E-state index in [1.807, 2.05) is 39.0 Å². The predicted octanol–water partition coefficient (Wildman–Crippen LogP) is 7.24. The predicted molar refractivity (Wildman–Crippen MR) is 213 cm³/mol. The number of ketones is 1. The van der Waals surface area contributed by atoms with E-state index in [9.17, 15) is 40.8 Å². The highest BCUT2D eigenvalue weighted by Crippen LogP contribution is 2.58. The Morgan fingerprint density at radius 1 is 1.08 bits per heavy atom. The van der Waals surface area contributed by atoms with Crippen molar-refractivity contribution in [2.24, 2.45) is 29.1 Å². The molecule has 0 unspecified atom stereocenters. The summed E-state index contributed by atoms with van der Waals surface area (Å²) in [4.78, 5) is 62.6. The number of nitrogens with one attached hydrogen (secondary N) is 1. The summed E-state index contributed by atoms with van der Waals surface area (Å²) in [6, 6.07) is 6.05. The van der Waals surface area contributed by atoms with Crippen LogP contribution in [0.15, 0.2) is 42.6 Å². The van der Waals surface area contributed by atoms with Crippen LogP contribution in [0.3, 0.4) is 0 Å². The Morgan fingerprint density at radius 2 is 1.80 bits per heavy atom. The first kappa shape index (κ1) is 44.3. The van der Waals surface area contributed by atoms with Crippen molar-refractivity contribution in [3.8, 4) is 11.6 Å². The zero-order valence-corrected chi connectivity index (χ0v) is 35.6. The van der Waals surface area contributed by atoms with Gasteiger partial charge in [-0.25, -0.2) is 13.4 Å². The molecule has 2 saturated carbocycles. The van der Waals surface area contributed by atoms with Crippen LogP contribution in [0.4, 0.5) is 13.2 Å². The summed E-state index contributed by atoms with van der Waals surface area (Å²) in [6.07, 6.45) is 1.32. The molecular formula is C43H56F3N3O9S. The number of sulfonamides is 1. The van der Waals surface area contributed by atoms with Crippen LogP contribution in [0.2, 0.25) is 0 Å². The van der Waals surface area contributed by atoms with E-state index in [1.165, 1.54) is 4.90 Å². The van der Waals surface area contributed by atoms with E-state index in [0.29, 0.717) is 43.2 Å². The maximum absolute atomic E-state index is 14.9. The molecule has 0 radical (unpaired) electrons. The van der Waals surface area contributed by atoms with Crippen LogP contribution in [0.25, 0.3) is 10.8 Å². The fourth-order valence-corrected chi connectivity index (χ4v) is 9.71. The summed E-state index contributed by atoms with van der Waals surface area (Å²) in [5, 5.41) is 1.42. The van der Waals surface area contributed by atoms with E-state index < -0.39 is 91.8 Å². The summed E-state index contributed by atoms with van der Waals surface area (Å²) >= 11 is 0. The lowest BCUT2D eigenvalue weighted by Gasteiger charge is -2.33. The Labute approximate surface area is 344 Å². The molecule has 16 heteroatoms. The Kier molecular flexibility index (Phi) is 12.3. The van der Waals surface area contributed by atoms with Gasteiger partial charge in [0.25, 0.3) is 0 Å². The van der Waals surface area contributed by atoms with Gasteiger partial charge in [-0.15, -0.1) is 0 Å². The van der Waals surface area contributed by atoms with E-state index in [-0.39, 0.29) is 43.7 Å². The van der Waals surface area contributed by atoms with Gasteiger partial charge in [-0.05, 0) is 121 Å². The van der Waals surface area contributed by atoms with Gasteiger partial charge < -0.3 is 19.1 Å². The average Bonchev–Trinajstić information content (AvgIpc) is 4.01. The molecular weight excluding hydrogens is 792 g/mol. The third-order valence-electron chi connectivity index (χ3n) is 12.6. The number of pyridine rings is 1. The average molecular weight is 848 g/mol. The molecule has 2 amide bonds. The van der Waals surface area contributed by atoms with Crippen LogP contribution in [0, 0.1) is 29.1 Å². The zero-order chi connectivity index (χ0) is 43.3. The van der Waals surface area contributed by atoms with Crippen molar-refractivity contribution >= 4 is 44.4 Å². The SMILES string of the molecule is CC(C)Oc1ccc2c(O[C@@H]3C[C@H]4C(=O)C[C@]5(C(=O)NS(=O)(=O)C6(C)CC6)C[C@H]5/C=C\CC[C@H](C)C[C@@H](C)[C@H](CC(=O)OC(C)(C)C(F)(F)F)C(=O)N4C3)nccc2c1. The Bertz CT molecular complexity index is 2100. The molecule has 2 aliphatic carbocycles. The van der Waals surface area contributed by atoms with Gasteiger partial charge in [-0.2, -0.15) is 13.2 Å². The van der Waals surface area contributed by atoms with Gasteiger partial charge in [0, 0.05) is 24.4 Å². The van der Waals surface area contributed by atoms with Crippen molar-refractivity contribution < 1.29 is 55.0 Å². The molecule has 59 heavy (non-hydrogen) atoms. The zero-order valence-electron chi connectivity index (χ0n) is 34.8. The minimum atomic E-state index is -4.86. The second kappa shape index (κ2) is 16.3. The van der Waals surface area contributed by atoms with Gasteiger partial charge in [0.05, 0.1) is 41.2 Å². The van der Waals surface area contributed by atoms with Gasteiger partial charge >= 0.3 is 12.1 Å². The van der Waals surface area contributed by atoms with Gasteiger partial charge in [-0.3, -0.25) is 23.9 Å². The third-order valence-corrected chi connectivity index (χ3v) is 14.7. The Hall–Kier alpha value is -4.21. The molecule has 4 aliphatic rings. The highest BCUT2D eigenvalue weighted by atomic mass is 32.2. The number of amides is 2. The number of aromatic nitrogens is 1. The molecule has 2 aliphatic heterocycles. The van der Waals surface area contributed by atoms with Crippen molar-refractivity contribution in [2.75, 3.05) is 6.54 Å². The second-order valence-corrected chi connectivity index (χ2v) is 20.5. The number of Topliss-reactive ketones (excluding diaryl/α,β-unsaturated/α-hetero) is 1. The second-order valence-electron chi connectivity index (χ2n) is 18.3. The van der Waals surface area contributed by atoms with Crippen LogP contribution >= 0.6 is 0 Å². The van der Waals surface area contributed by atoms with Crippen molar-refractivity contribution in [2.45, 2.75) is 141 Å². The number of alkyl halides is 3. The van der Waals surface area contributed by atoms with Crippen LogP contribution in [-0.4, -0.2) is 83.2 Å². The molecule has 0 spiro atoms. The number of nitrogens with zero attached hydrogens (tertiary/aromatic N) is 2. The van der Waals surface area contributed by atoms with Crippen molar-refractivity contribution in [1.29, 1.82) is 0 Å². The lowest BCUT2D eigenvalue weighted by Crippen LogP contribution is -2.48. The molecule has 3 heterocycles. The number of fused-ring (bicyclic) bond motifs is 3. The minimum Gasteiger partial charge on any atom is -0.491 e. The summed E-state index contributed by atoms with van der Waals surface area (Å²) in [7, 11) is -4.03. The van der Waals surface area contributed by atoms with Crippen LogP contribution < -0.4 is 14.2 Å². The highest BCUT2D eigenvalue weighted by molar-refractivity contribution is 7.91. The van der Waals surface area contributed by atoms with Crippen LogP contribution in [0.5, 0.6) is 11.6 Å². The number of rotatable bonds is 10. The van der Waals surface area contributed by atoms with Gasteiger partial charge in [0.15, 0.2) is 5.78 Å². The topological polar surface area (TPSA) is 158 Å². The normalized spacial score (nSPS) is 29.4. The summed E-state index contributed by atoms with van der Waals surface area (Å²) in [5.41, 5.74) is -4.19. The molecule has 1 aromatic carbocycles. The van der Waals surface area contributed by atoms with E-state index in [2.05, 4.69) is 9.71 Å². The molecule has 324 valence electrons. The highest BCUT2D eigenvalue weighted by Gasteiger charge is 2.63. The summed E-state index contributed by atoms with van der Waals surface area (Å²) in [6.45, 7) is 10.5. The molecule has 1 N–H and O–H groups in total. The number of carbonyl (C=O) groups is 4. The minimum absolute atomic E-state index is 0.0189. The number of esters is 1. The van der Waals surface area contributed by atoms with Crippen molar-refractivity contribution in [3.63, 3.8) is 0 Å². The first-order chi connectivity index (χ1) is 27.4. The van der Waals surface area contributed by atoms with E-state index >= 15 is 0 Å². The number of halogens is 3. The fraction of sp³-hybridized carbons (Fsp3) is 0.651. The lowest BCUT2D eigenvalue weighted by molar-refractivity contribution is -0.257. The maximum atomic E-state index is 14.9. The Morgan fingerprint density at radius 3 is 2.46 bits per heavy atom. The van der Waals surface area contributed by atoms with E-state index in [4.69, 9.17) is 14.2 Å². The van der Waals surface area contributed by atoms with E-state index in [0.717, 1.165) is 19.2 Å². The lowest BCUT2D eigenvalue weighted by atomic mass is 9.82.